The summed E-state index contributed by atoms with van der Waals surface area (Å²) in [5.74, 6) is 1.40. The number of thiophene rings is 1. The number of carbonyl (C=O) groups excluding carboxylic acids is 1. The molecule has 4 aromatic rings. The Hall–Kier alpha value is -3.49. The number of amides is 1. The summed E-state index contributed by atoms with van der Waals surface area (Å²) in [6.45, 7) is 1.86. The van der Waals surface area contributed by atoms with Crippen LogP contribution in [0.15, 0.2) is 77.4 Å². The van der Waals surface area contributed by atoms with E-state index < -0.39 is 6.04 Å². The molecule has 0 radical (unpaired) electrons. The number of aromatic nitrogens is 4. The Bertz CT molecular complexity index is 1270. The molecule has 0 bridgehead atoms. The van der Waals surface area contributed by atoms with Crippen molar-refractivity contribution in [1.82, 2.24) is 19.7 Å². The Balaban J connectivity index is 1.60. The van der Waals surface area contributed by atoms with Gasteiger partial charge in [-0.25, -0.2) is 9.67 Å². The summed E-state index contributed by atoms with van der Waals surface area (Å²) < 4.78 is 1.75. The minimum absolute atomic E-state index is 0.262. The number of fused-ring (bicyclic) bond motifs is 1. The molecule has 1 aliphatic heterocycles. The summed E-state index contributed by atoms with van der Waals surface area (Å²) in [7, 11) is 0. The molecular weight excluding hydrogens is 432 g/mol. The average Bonchev–Trinajstić information content (AvgIpc) is 3.44. The molecule has 154 valence electrons. The van der Waals surface area contributed by atoms with Gasteiger partial charge < -0.3 is 10.6 Å². The third-order valence-corrected chi connectivity index (χ3v) is 6.05. The van der Waals surface area contributed by atoms with Crippen LogP contribution in [0.5, 0.6) is 0 Å². The van der Waals surface area contributed by atoms with E-state index in [9.17, 15) is 4.79 Å². The molecule has 1 aliphatic rings. The molecule has 0 aliphatic carbocycles. The molecule has 1 amide bonds. The molecule has 31 heavy (non-hydrogen) atoms. The molecule has 0 saturated heterocycles. The lowest BCUT2D eigenvalue weighted by molar-refractivity contribution is -0.113. The van der Waals surface area contributed by atoms with Crippen molar-refractivity contribution in [1.29, 1.82) is 0 Å². The predicted octanol–water partition coefficient (Wildman–Crippen LogP) is 4.98. The Kier molecular flexibility index (Phi) is 5.01. The highest BCUT2D eigenvalue weighted by atomic mass is 35.5. The van der Waals surface area contributed by atoms with Crippen molar-refractivity contribution in [3.63, 3.8) is 0 Å². The zero-order chi connectivity index (χ0) is 21.4. The third kappa shape index (κ3) is 3.71. The molecule has 0 saturated carbocycles. The maximum atomic E-state index is 13.3. The Morgan fingerprint density at radius 1 is 1.16 bits per heavy atom. The summed E-state index contributed by atoms with van der Waals surface area (Å²) in [5.41, 5.74) is 2.11. The van der Waals surface area contributed by atoms with Gasteiger partial charge in [-0.15, -0.1) is 16.4 Å². The lowest BCUT2D eigenvalue weighted by Gasteiger charge is -2.28. The standard InChI is InChI=1S/C22H17ClN6OS/c1-13-18(21(30)26-17-6-2-3-11-24-17)19(14-7-9-15(23)10-8-14)29-22(25-13)27-20(28-29)16-5-4-12-31-16/h2-12,19H,1H3,(H,24,26,30)(H,25,27,28). The number of carbonyl (C=O) groups is 1. The molecule has 7 nitrogen and oxygen atoms in total. The smallest absolute Gasteiger partial charge is 0.257 e. The maximum Gasteiger partial charge on any atom is 0.257 e. The van der Waals surface area contributed by atoms with Gasteiger partial charge in [-0.05, 0) is 48.2 Å². The van der Waals surface area contributed by atoms with Crippen LogP contribution in [0.2, 0.25) is 5.02 Å². The number of pyridine rings is 1. The average molecular weight is 449 g/mol. The van der Waals surface area contributed by atoms with Crippen molar-refractivity contribution < 1.29 is 4.79 Å². The van der Waals surface area contributed by atoms with Gasteiger partial charge in [0.15, 0.2) is 5.82 Å². The summed E-state index contributed by atoms with van der Waals surface area (Å²) in [6, 6.07) is 16.2. The van der Waals surface area contributed by atoms with E-state index >= 15 is 0 Å². The first-order chi connectivity index (χ1) is 15.1. The van der Waals surface area contributed by atoms with Crippen LogP contribution in [0.4, 0.5) is 11.8 Å². The number of hydrogen-bond donors (Lipinski definition) is 2. The van der Waals surface area contributed by atoms with E-state index in [2.05, 4.69) is 20.6 Å². The Morgan fingerprint density at radius 3 is 2.71 bits per heavy atom. The first-order valence-electron chi connectivity index (χ1n) is 9.56. The van der Waals surface area contributed by atoms with Gasteiger partial charge in [-0.3, -0.25) is 4.79 Å². The fourth-order valence-corrected chi connectivity index (χ4v) is 4.31. The summed E-state index contributed by atoms with van der Waals surface area (Å²) >= 11 is 7.68. The van der Waals surface area contributed by atoms with Crippen LogP contribution in [-0.4, -0.2) is 25.7 Å². The number of hydrogen-bond acceptors (Lipinski definition) is 6. The van der Waals surface area contributed by atoms with Crippen molar-refractivity contribution in [3.05, 3.63) is 88.0 Å². The zero-order valence-corrected chi connectivity index (χ0v) is 18.0. The van der Waals surface area contributed by atoms with Gasteiger partial charge in [0.2, 0.25) is 5.95 Å². The quantitative estimate of drug-likeness (QED) is 0.459. The van der Waals surface area contributed by atoms with Crippen molar-refractivity contribution >= 4 is 40.6 Å². The molecule has 0 spiro atoms. The number of allylic oxidation sites excluding steroid dienone is 1. The SMILES string of the molecule is CC1=C(C(=O)Nc2ccccn2)C(c2ccc(Cl)cc2)n2nc(-c3cccs3)nc2N1. The highest BCUT2D eigenvalue weighted by Crippen LogP contribution is 2.37. The summed E-state index contributed by atoms with van der Waals surface area (Å²) in [5, 5.41) is 13.5. The van der Waals surface area contributed by atoms with Gasteiger partial charge in [0, 0.05) is 16.9 Å². The largest absolute Gasteiger partial charge is 0.328 e. The van der Waals surface area contributed by atoms with E-state index in [0.717, 1.165) is 10.4 Å². The maximum absolute atomic E-state index is 13.3. The molecular formula is C22H17ClN6OS. The van der Waals surface area contributed by atoms with Gasteiger partial charge in [-0.2, -0.15) is 4.98 Å². The number of benzene rings is 1. The number of nitrogens with one attached hydrogen (secondary N) is 2. The lowest BCUT2D eigenvalue weighted by atomic mass is 9.95. The van der Waals surface area contributed by atoms with Crippen LogP contribution in [0.25, 0.3) is 10.7 Å². The van der Waals surface area contributed by atoms with Gasteiger partial charge in [0.05, 0.1) is 10.5 Å². The van der Waals surface area contributed by atoms with Gasteiger partial charge in [0.1, 0.15) is 11.9 Å². The predicted molar refractivity (Wildman–Crippen MR) is 122 cm³/mol. The number of nitrogens with zero attached hydrogens (tertiary/aromatic N) is 4. The first-order valence-corrected chi connectivity index (χ1v) is 10.8. The number of anilines is 2. The monoisotopic (exact) mass is 448 g/mol. The minimum atomic E-state index is -0.474. The van der Waals surface area contributed by atoms with E-state index in [-0.39, 0.29) is 5.91 Å². The fraction of sp³-hybridized carbons (Fsp3) is 0.0909. The lowest BCUT2D eigenvalue weighted by Crippen LogP contribution is -2.31. The van der Waals surface area contributed by atoms with Crippen LogP contribution in [0.3, 0.4) is 0 Å². The molecule has 4 heterocycles. The second-order valence-corrected chi connectivity index (χ2v) is 8.35. The normalized spacial score (nSPS) is 15.4. The van der Waals surface area contributed by atoms with Gasteiger partial charge >= 0.3 is 0 Å². The molecule has 1 unspecified atom stereocenters. The van der Waals surface area contributed by atoms with Crippen molar-refractivity contribution in [2.75, 3.05) is 10.6 Å². The molecule has 2 N–H and O–H groups in total. The third-order valence-electron chi connectivity index (χ3n) is 4.93. The minimum Gasteiger partial charge on any atom is -0.328 e. The first kappa shape index (κ1) is 19.5. The second kappa shape index (κ2) is 7.98. The zero-order valence-electron chi connectivity index (χ0n) is 16.4. The highest BCUT2D eigenvalue weighted by Gasteiger charge is 2.34. The van der Waals surface area contributed by atoms with E-state index in [1.54, 1.807) is 46.5 Å². The van der Waals surface area contributed by atoms with E-state index in [1.165, 1.54) is 0 Å². The Labute approximate surface area is 187 Å². The van der Waals surface area contributed by atoms with E-state index in [4.69, 9.17) is 16.7 Å². The van der Waals surface area contributed by atoms with Gasteiger partial charge in [-0.1, -0.05) is 35.9 Å². The number of halogens is 1. The summed E-state index contributed by atoms with van der Waals surface area (Å²) in [4.78, 5) is 23.2. The summed E-state index contributed by atoms with van der Waals surface area (Å²) in [6.07, 6.45) is 1.63. The molecule has 1 atom stereocenters. The van der Waals surface area contributed by atoms with Crippen LogP contribution < -0.4 is 10.6 Å². The van der Waals surface area contributed by atoms with Crippen LogP contribution in [-0.2, 0) is 4.79 Å². The second-order valence-electron chi connectivity index (χ2n) is 6.97. The van der Waals surface area contributed by atoms with Crippen molar-refractivity contribution in [3.8, 4) is 10.7 Å². The van der Waals surface area contributed by atoms with Crippen LogP contribution >= 0.6 is 22.9 Å². The van der Waals surface area contributed by atoms with E-state index in [0.29, 0.717) is 33.9 Å². The highest BCUT2D eigenvalue weighted by molar-refractivity contribution is 7.13. The fourth-order valence-electron chi connectivity index (χ4n) is 3.53. The van der Waals surface area contributed by atoms with Crippen molar-refractivity contribution in [2.24, 2.45) is 0 Å². The Morgan fingerprint density at radius 2 is 2.00 bits per heavy atom. The van der Waals surface area contributed by atoms with E-state index in [1.807, 2.05) is 42.6 Å². The topological polar surface area (TPSA) is 84.7 Å². The molecule has 3 aromatic heterocycles. The van der Waals surface area contributed by atoms with Crippen molar-refractivity contribution in [2.45, 2.75) is 13.0 Å². The molecule has 5 rings (SSSR count). The van der Waals surface area contributed by atoms with Crippen LogP contribution in [0.1, 0.15) is 18.5 Å². The molecule has 9 heteroatoms. The van der Waals surface area contributed by atoms with Gasteiger partial charge in [0.25, 0.3) is 5.91 Å². The molecule has 0 fully saturated rings. The van der Waals surface area contributed by atoms with Crippen LogP contribution in [0, 0.1) is 0 Å². The molecule has 1 aromatic carbocycles. The number of rotatable bonds is 4.